The second-order valence-electron chi connectivity index (χ2n) is 4.55. The van der Waals surface area contributed by atoms with Gasteiger partial charge in [0.25, 0.3) is 0 Å². The molecule has 0 fully saturated rings. The van der Waals surface area contributed by atoms with Crippen LogP contribution in [0.15, 0.2) is 5.38 Å². The Kier molecular flexibility index (Phi) is 8.24. The molecule has 0 spiro atoms. The average molecular weight is 265 g/mol. The fraction of sp³-hybridized carbons (Fsp3) is 0.714. The Labute approximate surface area is 114 Å². The molecular weight excluding hydrogens is 242 g/mol. The van der Waals surface area contributed by atoms with Crippen LogP contribution in [0.4, 0.5) is 5.13 Å². The van der Waals surface area contributed by atoms with E-state index in [1.54, 1.807) is 5.38 Å². The summed E-state index contributed by atoms with van der Waals surface area (Å²) in [6, 6.07) is 2.04. The first-order chi connectivity index (χ1) is 8.86. The van der Waals surface area contributed by atoms with E-state index in [-0.39, 0.29) is 0 Å². The molecule has 18 heavy (non-hydrogen) atoms. The van der Waals surface area contributed by atoms with E-state index < -0.39 is 0 Å². The van der Waals surface area contributed by atoms with E-state index >= 15 is 0 Å². The van der Waals surface area contributed by atoms with Crippen molar-refractivity contribution in [2.24, 2.45) is 0 Å². The summed E-state index contributed by atoms with van der Waals surface area (Å²) in [5.74, 6) is 0. The lowest BCUT2D eigenvalue weighted by molar-refractivity contribution is 0.581. The summed E-state index contributed by atoms with van der Waals surface area (Å²) in [4.78, 5) is 4.14. The normalized spacial score (nSPS) is 10.2. The highest BCUT2D eigenvalue weighted by molar-refractivity contribution is 7.13. The van der Waals surface area contributed by atoms with Crippen LogP contribution in [-0.2, 0) is 0 Å². The van der Waals surface area contributed by atoms with E-state index in [1.807, 2.05) is 6.07 Å². The van der Waals surface area contributed by atoms with Gasteiger partial charge in [0.2, 0.25) is 0 Å². The number of aromatic nitrogens is 1. The highest BCUT2D eigenvalue weighted by atomic mass is 32.1. The molecule has 0 aliphatic carbocycles. The number of nitrogens with zero attached hydrogens (tertiary/aromatic N) is 2. The van der Waals surface area contributed by atoms with Crippen molar-refractivity contribution in [2.45, 2.75) is 58.3 Å². The van der Waals surface area contributed by atoms with Gasteiger partial charge in [-0.25, -0.2) is 4.98 Å². The summed E-state index contributed by atoms with van der Waals surface area (Å²) < 4.78 is 0. The molecule has 3 nitrogen and oxygen atoms in total. The molecule has 4 heteroatoms. The van der Waals surface area contributed by atoms with E-state index in [9.17, 15) is 0 Å². The van der Waals surface area contributed by atoms with Crippen molar-refractivity contribution in [3.63, 3.8) is 0 Å². The average Bonchev–Trinajstić information content (AvgIpc) is 2.85. The van der Waals surface area contributed by atoms with Gasteiger partial charge in [-0.1, -0.05) is 51.9 Å². The molecule has 0 amide bonds. The molecule has 1 rings (SSSR count). The summed E-state index contributed by atoms with van der Waals surface area (Å²) >= 11 is 1.51. The molecule has 0 radical (unpaired) electrons. The second-order valence-corrected chi connectivity index (χ2v) is 5.41. The highest BCUT2D eigenvalue weighted by Gasteiger charge is 1.99. The second kappa shape index (κ2) is 9.90. The Morgan fingerprint density at radius 2 is 1.83 bits per heavy atom. The SMILES string of the molecule is CCCCCCCCCCNc1nc(C#N)cs1. The van der Waals surface area contributed by atoms with Crippen LogP contribution in [-0.4, -0.2) is 11.5 Å². The van der Waals surface area contributed by atoms with Crippen LogP contribution >= 0.6 is 11.3 Å². The summed E-state index contributed by atoms with van der Waals surface area (Å²) in [7, 11) is 0. The lowest BCUT2D eigenvalue weighted by atomic mass is 10.1. The molecule has 1 heterocycles. The third kappa shape index (κ3) is 6.61. The Morgan fingerprint density at radius 1 is 1.17 bits per heavy atom. The van der Waals surface area contributed by atoms with E-state index in [1.165, 1.54) is 62.7 Å². The summed E-state index contributed by atoms with van der Waals surface area (Å²) in [5, 5.41) is 14.6. The minimum Gasteiger partial charge on any atom is -0.361 e. The first-order valence-electron chi connectivity index (χ1n) is 6.96. The molecule has 0 saturated carbocycles. The first kappa shape index (κ1) is 15.0. The number of rotatable bonds is 10. The van der Waals surface area contributed by atoms with Gasteiger partial charge in [-0.05, 0) is 6.42 Å². The van der Waals surface area contributed by atoms with Gasteiger partial charge < -0.3 is 5.32 Å². The molecule has 0 saturated heterocycles. The van der Waals surface area contributed by atoms with Crippen LogP contribution in [0.25, 0.3) is 0 Å². The fourth-order valence-corrected chi connectivity index (χ4v) is 2.53. The topological polar surface area (TPSA) is 48.7 Å². The van der Waals surface area contributed by atoms with Gasteiger partial charge in [0.05, 0.1) is 0 Å². The lowest BCUT2D eigenvalue weighted by Crippen LogP contribution is -2.00. The number of nitriles is 1. The molecule has 1 aromatic rings. The summed E-state index contributed by atoms with van der Waals surface area (Å²) in [5.41, 5.74) is 0.512. The van der Waals surface area contributed by atoms with E-state index in [4.69, 9.17) is 5.26 Å². The largest absolute Gasteiger partial charge is 0.361 e. The number of thiazole rings is 1. The van der Waals surface area contributed by atoms with Crippen LogP contribution < -0.4 is 5.32 Å². The molecule has 0 atom stereocenters. The van der Waals surface area contributed by atoms with E-state index in [2.05, 4.69) is 17.2 Å². The van der Waals surface area contributed by atoms with Crippen molar-refractivity contribution in [1.82, 2.24) is 4.98 Å². The quantitative estimate of drug-likeness (QED) is 0.630. The third-order valence-corrected chi connectivity index (χ3v) is 3.73. The maximum Gasteiger partial charge on any atom is 0.183 e. The van der Waals surface area contributed by atoms with E-state index in [0.717, 1.165) is 11.7 Å². The summed E-state index contributed by atoms with van der Waals surface area (Å²) in [6.07, 6.45) is 10.7. The van der Waals surface area contributed by atoms with Gasteiger partial charge in [-0.2, -0.15) is 5.26 Å². The van der Waals surface area contributed by atoms with Gasteiger partial charge in [0.15, 0.2) is 10.8 Å². The highest BCUT2D eigenvalue weighted by Crippen LogP contribution is 2.15. The zero-order valence-corrected chi connectivity index (χ0v) is 12.1. The Morgan fingerprint density at radius 3 is 2.44 bits per heavy atom. The molecule has 0 aliphatic heterocycles. The van der Waals surface area contributed by atoms with Crippen LogP contribution in [0.2, 0.25) is 0 Å². The van der Waals surface area contributed by atoms with Crippen LogP contribution in [0.3, 0.4) is 0 Å². The molecule has 0 aliphatic rings. The van der Waals surface area contributed by atoms with Gasteiger partial charge in [-0.15, -0.1) is 11.3 Å². The molecular formula is C14H23N3S. The van der Waals surface area contributed by atoms with E-state index in [0.29, 0.717) is 5.69 Å². The predicted octanol–water partition coefficient (Wildman–Crippen LogP) is 4.57. The van der Waals surface area contributed by atoms with Gasteiger partial charge >= 0.3 is 0 Å². The zero-order valence-electron chi connectivity index (χ0n) is 11.2. The van der Waals surface area contributed by atoms with Crippen LogP contribution in [0, 0.1) is 11.3 Å². The van der Waals surface area contributed by atoms with Gasteiger partial charge in [0, 0.05) is 11.9 Å². The van der Waals surface area contributed by atoms with Crippen molar-refractivity contribution in [3.8, 4) is 6.07 Å². The number of hydrogen-bond donors (Lipinski definition) is 1. The van der Waals surface area contributed by atoms with Gasteiger partial charge in [0.1, 0.15) is 6.07 Å². The Bertz CT molecular complexity index is 354. The number of anilines is 1. The van der Waals surface area contributed by atoms with Crippen LogP contribution in [0.1, 0.15) is 64.0 Å². The summed E-state index contributed by atoms with van der Waals surface area (Å²) in [6.45, 7) is 3.22. The van der Waals surface area contributed by atoms with Gasteiger partial charge in [-0.3, -0.25) is 0 Å². The minimum atomic E-state index is 0.512. The van der Waals surface area contributed by atoms with Crippen molar-refractivity contribution in [3.05, 3.63) is 11.1 Å². The molecule has 0 unspecified atom stereocenters. The Hall–Kier alpha value is -1.08. The van der Waals surface area contributed by atoms with Crippen molar-refractivity contribution in [2.75, 3.05) is 11.9 Å². The maximum atomic E-state index is 8.65. The molecule has 1 N–H and O–H groups in total. The number of nitrogens with one attached hydrogen (secondary N) is 1. The smallest absolute Gasteiger partial charge is 0.183 e. The zero-order chi connectivity index (χ0) is 13.1. The third-order valence-electron chi connectivity index (χ3n) is 2.93. The van der Waals surface area contributed by atoms with Crippen LogP contribution in [0.5, 0.6) is 0 Å². The lowest BCUT2D eigenvalue weighted by Gasteiger charge is -2.03. The van der Waals surface area contributed by atoms with Crippen molar-refractivity contribution < 1.29 is 0 Å². The predicted molar refractivity (Wildman–Crippen MR) is 77.9 cm³/mol. The van der Waals surface area contributed by atoms with Crippen molar-refractivity contribution >= 4 is 16.5 Å². The molecule has 100 valence electrons. The first-order valence-corrected chi connectivity index (χ1v) is 7.84. The number of hydrogen-bond acceptors (Lipinski definition) is 4. The maximum absolute atomic E-state index is 8.65. The molecule has 1 aromatic heterocycles. The number of unbranched alkanes of at least 4 members (excludes halogenated alkanes) is 7. The standard InChI is InChI=1S/C14H23N3S/c1-2-3-4-5-6-7-8-9-10-16-14-17-13(11-15)12-18-14/h12H,2-10H2,1H3,(H,16,17). The van der Waals surface area contributed by atoms with Crippen molar-refractivity contribution in [1.29, 1.82) is 5.26 Å². The monoisotopic (exact) mass is 265 g/mol. The molecule has 0 bridgehead atoms. The Balaban J connectivity index is 1.91. The fourth-order valence-electron chi connectivity index (χ4n) is 1.86. The minimum absolute atomic E-state index is 0.512. The molecule has 0 aromatic carbocycles.